The molecule has 2 aliphatic rings. The first-order valence-electron chi connectivity index (χ1n) is 7.33. The number of nitrogens with zero attached hydrogens (tertiary/aromatic N) is 1. The summed E-state index contributed by atoms with van der Waals surface area (Å²) >= 11 is 1.95. The summed E-state index contributed by atoms with van der Waals surface area (Å²) in [5.41, 5.74) is 1.71. The highest BCUT2D eigenvalue weighted by Gasteiger charge is 2.35. The minimum Gasteiger partial charge on any atom is -0.381 e. The van der Waals surface area contributed by atoms with Crippen LogP contribution in [0, 0.1) is 5.41 Å². The van der Waals surface area contributed by atoms with Crippen LogP contribution in [-0.2, 0) is 11.2 Å². The van der Waals surface area contributed by atoms with Crippen LogP contribution in [0.25, 0.3) is 0 Å². The molecule has 1 saturated heterocycles. The molecule has 1 atom stereocenters. The molecular formula is C15H24N2OS. The van der Waals surface area contributed by atoms with E-state index in [4.69, 9.17) is 9.72 Å². The van der Waals surface area contributed by atoms with Gasteiger partial charge in [-0.25, -0.2) is 4.98 Å². The average molecular weight is 280 g/mol. The second-order valence-corrected chi connectivity index (χ2v) is 7.70. The second kappa shape index (κ2) is 5.15. The summed E-state index contributed by atoms with van der Waals surface area (Å²) in [6.45, 7) is 6.51. The molecule has 0 bridgehead atoms. The molecule has 0 radical (unpaired) electrons. The molecule has 1 unspecified atom stereocenters. The summed E-state index contributed by atoms with van der Waals surface area (Å²) in [6, 6.07) is 0.491. The highest BCUT2D eigenvalue weighted by molar-refractivity contribution is 7.12. The van der Waals surface area contributed by atoms with E-state index in [1.807, 2.05) is 11.3 Å². The Morgan fingerprint density at radius 1 is 1.32 bits per heavy atom. The van der Waals surface area contributed by atoms with Gasteiger partial charge in [0.15, 0.2) is 0 Å². The predicted octanol–water partition coefficient (Wildman–Crippen LogP) is 3.27. The van der Waals surface area contributed by atoms with Crippen molar-refractivity contribution in [3.05, 3.63) is 15.6 Å². The zero-order valence-electron chi connectivity index (χ0n) is 12.2. The number of fused-ring (bicyclic) bond motifs is 1. The molecule has 2 heterocycles. The lowest BCUT2D eigenvalue weighted by Gasteiger charge is -2.34. The molecule has 1 aromatic heterocycles. The summed E-state index contributed by atoms with van der Waals surface area (Å²) in [5, 5.41) is 4.83. The summed E-state index contributed by atoms with van der Waals surface area (Å²) in [7, 11) is 2.07. The number of rotatable bonds is 2. The number of hydrogen-bond donors (Lipinski definition) is 1. The van der Waals surface area contributed by atoms with Gasteiger partial charge in [-0.2, -0.15) is 0 Å². The molecule has 106 valence electrons. The van der Waals surface area contributed by atoms with Gasteiger partial charge in [-0.1, -0.05) is 13.8 Å². The number of nitrogens with one attached hydrogen (secondary N) is 1. The third kappa shape index (κ3) is 2.71. The fourth-order valence-corrected chi connectivity index (χ4v) is 4.67. The molecule has 0 saturated carbocycles. The van der Waals surface area contributed by atoms with Crippen molar-refractivity contribution >= 4 is 11.3 Å². The maximum absolute atomic E-state index is 5.46. The molecular weight excluding hydrogens is 256 g/mol. The van der Waals surface area contributed by atoms with Crippen LogP contribution in [0.15, 0.2) is 0 Å². The van der Waals surface area contributed by atoms with E-state index in [9.17, 15) is 0 Å². The Labute approximate surface area is 119 Å². The number of thiazole rings is 1. The van der Waals surface area contributed by atoms with E-state index in [2.05, 4.69) is 26.2 Å². The van der Waals surface area contributed by atoms with Gasteiger partial charge >= 0.3 is 0 Å². The van der Waals surface area contributed by atoms with Crippen molar-refractivity contribution in [2.45, 2.75) is 51.5 Å². The Balaban J connectivity index is 1.88. The zero-order valence-corrected chi connectivity index (χ0v) is 13.0. The number of aromatic nitrogens is 1. The summed E-state index contributed by atoms with van der Waals surface area (Å²) in [6.07, 6.45) is 4.62. The van der Waals surface area contributed by atoms with Gasteiger partial charge in [0.1, 0.15) is 0 Å². The van der Waals surface area contributed by atoms with Gasteiger partial charge < -0.3 is 10.1 Å². The van der Waals surface area contributed by atoms with E-state index in [1.54, 1.807) is 0 Å². The van der Waals surface area contributed by atoms with Crippen LogP contribution in [0.2, 0.25) is 0 Å². The van der Waals surface area contributed by atoms with E-state index >= 15 is 0 Å². The third-order valence-electron chi connectivity index (χ3n) is 4.38. The van der Waals surface area contributed by atoms with Gasteiger partial charge in [-0.3, -0.25) is 0 Å². The smallest absolute Gasteiger partial charge is 0.0964 e. The van der Waals surface area contributed by atoms with Crippen molar-refractivity contribution < 1.29 is 4.74 Å². The van der Waals surface area contributed by atoms with E-state index in [-0.39, 0.29) is 0 Å². The molecule has 19 heavy (non-hydrogen) atoms. The van der Waals surface area contributed by atoms with Crippen molar-refractivity contribution in [3.8, 4) is 0 Å². The first-order valence-corrected chi connectivity index (χ1v) is 8.15. The third-order valence-corrected chi connectivity index (χ3v) is 5.76. The Hall–Kier alpha value is -0.450. The van der Waals surface area contributed by atoms with Gasteiger partial charge in [0, 0.05) is 30.1 Å². The van der Waals surface area contributed by atoms with E-state index in [0.717, 1.165) is 32.5 Å². The van der Waals surface area contributed by atoms with Crippen LogP contribution < -0.4 is 5.32 Å². The highest BCUT2D eigenvalue weighted by Crippen LogP contribution is 2.44. The average Bonchev–Trinajstić information content (AvgIpc) is 2.81. The Kier molecular flexibility index (Phi) is 3.67. The van der Waals surface area contributed by atoms with Gasteiger partial charge in [-0.15, -0.1) is 11.3 Å². The molecule has 0 amide bonds. The predicted molar refractivity (Wildman–Crippen MR) is 78.8 cm³/mol. The van der Waals surface area contributed by atoms with Crippen LogP contribution in [-0.4, -0.2) is 25.2 Å². The molecule has 1 N–H and O–H groups in total. The standard InChI is InChI=1S/C15H24N2OS/c1-15(2)8-11(16-3)13-12(9-15)17-14(19-13)10-4-6-18-7-5-10/h10-11,16H,4-9H2,1-3H3. The van der Waals surface area contributed by atoms with Crippen molar-refractivity contribution in [2.75, 3.05) is 20.3 Å². The molecule has 0 aromatic carbocycles. The number of ether oxygens (including phenoxy) is 1. The lowest BCUT2D eigenvalue weighted by molar-refractivity contribution is 0.0852. The van der Waals surface area contributed by atoms with Crippen LogP contribution in [0.4, 0.5) is 0 Å². The molecule has 1 aliphatic heterocycles. The number of hydrogen-bond acceptors (Lipinski definition) is 4. The molecule has 1 aliphatic carbocycles. The monoisotopic (exact) mass is 280 g/mol. The lowest BCUT2D eigenvalue weighted by Crippen LogP contribution is -2.30. The minimum absolute atomic E-state index is 0.363. The maximum Gasteiger partial charge on any atom is 0.0964 e. The SMILES string of the molecule is CNC1CC(C)(C)Cc2nc(C3CCOCC3)sc21. The van der Waals surface area contributed by atoms with E-state index in [0.29, 0.717) is 17.4 Å². The van der Waals surface area contributed by atoms with Gasteiger partial charge in [0.05, 0.1) is 10.7 Å². The minimum atomic E-state index is 0.363. The molecule has 1 aromatic rings. The second-order valence-electron chi connectivity index (χ2n) is 6.64. The van der Waals surface area contributed by atoms with Crippen LogP contribution >= 0.6 is 11.3 Å². The largest absolute Gasteiger partial charge is 0.381 e. The summed E-state index contributed by atoms with van der Waals surface area (Å²) in [4.78, 5) is 6.48. The van der Waals surface area contributed by atoms with E-state index in [1.165, 1.54) is 22.0 Å². The normalized spacial score (nSPS) is 27.2. The lowest BCUT2D eigenvalue weighted by atomic mass is 9.76. The summed E-state index contributed by atoms with van der Waals surface area (Å²) < 4.78 is 5.46. The molecule has 3 rings (SSSR count). The van der Waals surface area contributed by atoms with Gasteiger partial charge in [0.2, 0.25) is 0 Å². The Bertz CT molecular complexity index is 449. The zero-order chi connectivity index (χ0) is 13.5. The van der Waals surface area contributed by atoms with E-state index < -0.39 is 0 Å². The maximum atomic E-state index is 5.46. The van der Waals surface area contributed by atoms with Gasteiger partial charge in [0.25, 0.3) is 0 Å². The van der Waals surface area contributed by atoms with Crippen molar-refractivity contribution in [1.29, 1.82) is 0 Å². The van der Waals surface area contributed by atoms with Crippen LogP contribution in [0.5, 0.6) is 0 Å². The molecule has 4 heteroatoms. The fourth-order valence-electron chi connectivity index (χ4n) is 3.30. The molecule has 1 fully saturated rings. The highest BCUT2D eigenvalue weighted by atomic mass is 32.1. The van der Waals surface area contributed by atoms with Crippen molar-refractivity contribution in [2.24, 2.45) is 5.41 Å². The van der Waals surface area contributed by atoms with Gasteiger partial charge in [-0.05, 0) is 38.1 Å². The first kappa shape index (κ1) is 13.5. The molecule has 0 spiro atoms. The Morgan fingerprint density at radius 2 is 2.05 bits per heavy atom. The van der Waals surface area contributed by atoms with Crippen LogP contribution in [0.1, 0.15) is 60.6 Å². The first-order chi connectivity index (χ1) is 9.09. The van der Waals surface area contributed by atoms with Crippen molar-refractivity contribution in [3.63, 3.8) is 0 Å². The topological polar surface area (TPSA) is 34.2 Å². The van der Waals surface area contributed by atoms with Crippen LogP contribution in [0.3, 0.4) is 0 Å². The fraction of sp³-hybridized carbons (Fsp3) is 0.800. The molecule has 3 nitrogen and oxygen atoms in total. The van der Waals surface area contributed by atoms with Crippen molar-refractivity contribution in [1.82, 2.24) is 10.3 Å². The Morgan fingerprint density at radius 3 is 2.74 bits per heavy atom. The summed E-state index contributed by atoms with van der Waals surface area (Å²) in [5.74, 6) is 0.630. The quantitative estimate of drug-likeness (QED) is 0.903.